The van der Waals surface area contributed by atoms with Crippen molar-refractivity contribution >= 4 is 192 Å². The van der Waals surface area contributed by atoms with Crippen LogP contribution in [0.1, 0.15) is 79.0 Å². The lowest BCUT2D eigenvalue weighted by atomic mass is 9.70. The molecule has 12 atom stereocenters. The first kappa shape index (κ1) is 80.5. The molecule has 2 spiro atoms. The minimum absolute atomic E-state index is 0.0685. The monoisotopic (exact) mass is 1770 g/mol. The molecule has 616 valence electrons. The number of nitrogens with zero attached hydrogens (tertiary/aromatic N) is 9. The number of amides is 6. The van der Waals surface area contributed by atoms with Crippen molar-refractivity contribution in [3.8, 4) is 0 Å². The van der Waals surface area contributed by atoms with Crippen LogP contribution in [0.4, 0.5) is 33.2 Å². The number of para-hydroxylation sites is 7. The highest BCUT2D eigenvalue weighted by atomic mass is 32.2. The summed E-state index contributed by atoms with van der Waals surface area (Å²) in [5.41, 5.74) is 12.5. The fraction of sp³-hybridized carbons (Fsp3) is 0.244. The number of thioether (sulfide) groups is 4. The van der Waals surface area contributed by atoms with Gasteiger partial charge in [0.2, 0.25) is 11.8 Å². The minimum atomic E-state index is -4.09. The number of hydrogen-bond acceptors (Lipinski definition) is 20. The predicted molar refractivity (Wildman–Crippen MR) is 476 cm³/mol. The van der Waals surface area contributed by atoms with Gasteiger partial charge in [-0.1, -0.05) is 212 Å². The molecular formula is C90H75N11O13S8. The molecule has 15 heterocycles. The highest BCUT2D eigenvalue weighted by Gasteiger charge is 2.80. The van der Waals surface area contributed by atoms with Crippen LogP contribution < -0.4 is 14.1 Å². The number of carbonyl (C=O) groups excluding carboxylic acids is 7. The number of piperazine rings is 3. The highest BCUT2D eigenvalue weighted by Crippen LogP contribution is 2.72. The Kier molecular flexibility index (Phi) is 19.3. The maximum absolute atomic E-state index is 14.8. The maximum atomic E-state index is 14.8. The molecule has 0 radical (unpaired) electrons. The zero-order valence-electron chi connectivity index (χ0n) is 66.1. The largest absolute Gasteiger partial charge is 0.361 e. The van der Waals surface area contributed by atoms with E-state index in [1.165, 1.54) is 37.6 Å². The topological polar surface area (TPSA) is 283 Å². The summed E-state index contributed by atoms with van der Waals surface area (Å²) >= 11 is 8.99. The Morgan fingerprint density at radius 2 is 0.885 bits per heavy atom. The Hall–Kier alpha value is -11.2. The first-order chi connectivity index (χ1) is 58.8. The third-order valence-corrected chi connectivity index (χ3v) is 34.2. The summed E-state index contributed by atoms with van der Waals surface area (Å²) in [6, 6.07) is 75.8. The van der Waals surface area contributed by atoms with Crippen LogP contribution in [0.2, 0.25) is 0 Å². The van der Waals surface area contributed by atoms with Crippen LogP contribution >= 0.6 is 59.3 Å². The molecule has 122 heavy (non-hydrogen) atoms. The zero-order chi connectivity index (χ0) is 85.3. The molecule has 11 aromatic rings. The molecule has 4 bridgehead atoms. The van der Waals surface area contributed by atoms with E-state index in [0.29, 0.717) is 22.1 Å². The third kappa shape index (κ3) is 10.9. The second-order valence-electron chi connectivity index (χ2n) is 32.2. The molecule has 10 saturated heterocycles. The fourth-order valence-electron chi connectivity index (χ4n) is 21.5. The van der Waals surface area contributed by atoms with Crippen molar-refractivity contribution in [2.24, 2.45) is 0 Å². The number of rotatable bonds is 7. The van der Waals surface area contributed by atoms with Gasteiger partial charge in [-0.15, -0.1) is 0 Å². The highest BCUT2D eigenvalue weighted by molar-refractivity contribution is 8.48. The van der Waals surface area contributed by atoms with Gasteiger partial charge in [0.15, 0.2) is 19.5 Å². The molecule has 0 saturated carbocycles. The van der Waals surface area contributed by atoms with Gasteiger partial charge < -0.3 is 39.4 Å². The van der Waals surface area contributed by atoms with Crippen LogP contribution in [0.25, 0.3) is 27.4 Å². The Morgan fingerprint density at radius 3 is 1.40 bits per heavy atom. The summed E-state index contributed by atoms with van der Waals surface area (Å²) in [4.78, 5) is 116. The number of anilines is 5. The summed E-state index contributed by atoms with van der Waals surface area (Å²) in [5.74, 6) is -0.965. The van der Waals surface area contributed by atoms with Gasteiger partial charge in [0, 0.05) is 90.9 Å². The molecule has 6 amide bonds. The Labute approximate surface area is 731 Å². The number of aromatic nitrogens is 2. The molecule has 2 aromatic heterocycles. The van der Waals surface area contributed by atoms with Crippen molar-refractivity contribution in [2.45, 2.75) is 118 Å². The van der Waals surface area contributed by atoms with Crippen molar-refractivity contribution in [2.75, 3.05) is 35.2 Å². The van der Waals surface area contributed by atoms with E-state index >= 15 is 0 Å². The number of fused-ring (bicyclic) bond motifs is 20. The average molecular weight is 1780 g/mol. The number of sulfonamides is 1. The maximum Gasteiger partial charge on any atom is 0.335 e. The smallest absolute Gasteiger partial charge is 0.335 e. The Balaban J connectivity index is 0.000000117. The molecule has 10 fully saturated rings. The number of benzene rings is 9. The summed E-state index contributed by atoms with van der Waals surface area (Å²) in [6.07, 6.45) is 6.09. The van der Waals surface area contributed by atoms with Gasteiger partial charge in [-0.3, -0.25) is 43.4 Å². The van der Waals surface area contributed by atoms with Crippen molar-refractivity contribution < 1.29 is 58.8 Å². The first-order valence-electron chi connectivity index (χ1n) is 39.3. The molecule has 9 aromatic carbocycles. The predicted octanol–water partition coefficient (Wildman–Crippen LogP) is 13.7. The van der Waals surface area contributed by atoms with Gasteiger partial charge in [0.05, 0.1) is 26.8 Å². The van der Waals surface area contributed by atoms with Crippen molar-refractivity contribution in [1.82, 2.24) is 39.4 Å². The molecule has 24 nitrogen and oxygen atoms in total. The van der Waals surface area contributed by atoms with Gasteiger partial charge in [-0.25, -0.2) is 12.7 Å². The SMILES string of the molecule is CC1C(=O)N2C(CC3(C4=CCc5ccccc54)c4ccccc4N(S(=O)(=O)c4ccccc4)C23)C(=O)N1C.CN1C(=O)C23CC4(c5c[nH]c6ccccc56)c5ccccc5N(c5ccccc5)C4N2C(=O)C1(C)SC(=O)S3.CN1C(=O)C23CC4(c5c[nH]c6ccccc56)c5ccccc5N(c5ccccc5)C4N2C(=O)C1(C)SC(=S)S3.O=S=O.O=S=O. The molecule has 12 unspecified atom stereocenters. The standard InChI is InChI=1S/C30H24N4O3S2.C30H24N4O2S3.C30H27N3O4S.2O2S/c2*1-28-25(35)34-24-29(21-16-31-22-14-8-6-12-19(21)22,17-30(34,26(36)32(28)2)39-27(37)38-28)20-13-7-9-15-23(20)33(24)18-10-4-3-5-11-18;1-19-27(34)32-26(28(35)31(19)2)18-30(23-17-16-20-10-6-7-13-22(20)23)24-14-8-9-15-25(24)33(29(30)32)38(36,37)21-11-4-3-5-12-21;2*1-3-2/h2*3-16,24,31H,17H2,1-2H3;3-15,17,19,26,29H,16,18H2,1-2H3;;. The molecule has 14 aliphatic rings. The van der Waals surface area contributed by atoms with Crippen LogP contribution in [0.3, 0.4) is 0 Å². The summed E-state index contributed by atoms with van der Waals surface area (Å²) in [6.45, 7) is 5.24. The number of likely N-dealkylation sites (N-methyl/N-ethyl adjacent to an activating group) is 3. The second-order valence-corrected chi connectivity index (χ2v) is 41.0. The molecular weight excluding hydrogens is 1700 g/mol. The van der Waals surface area contributed by atoms with Crippen LogP contribution in [-0.4, -0.2) is 179 Å². The first-order valence-corrected chi connectivity index (χ1v) is 45.7. The van der Waals surface area contributed by atoms with Gasteiger partial charge in [0.1, 0.15) is 34.1 Å². The number of carbonyl (C=O) groups is 7. The quantitative estimate of drug-likeness (QED) is 0.140. The Morgan fingerprint density at radius 1 is 0.459 bits per heavy atom. The lowest BCUT2D eigenvalue weighted by Crippen LogP contribution is -2.72. The van der Waals surface area contributed by atoms with Crippen molar-refractivity contribution in [1.29, 1.82) is 0 Å². The lowest BCUT2D eigenvalue weighted by Gasteiger charge is -2.51. The van der Waals surface area contributed by atoms with E-state index in [1.54, 1.807) is 80.0 Å². The van der Waals surface area contributed by atoms with Crippen molar-refractivity contribution in [3.63, 3.8) is 0 Å². The second kappa shape index (κ2) is 29.2. The molecule has 1 aliphatic carbocycles. The molecule has 2 N–H and O–H groups in total. The van der Waals surface area contributed by atoms with Crippen LogP contribution in [0.5, 0.6) is 0 Å². The average Bonchev–Trinajstić information content (AvgIpc) is 1.02. The number of nitrogens with one attached hydrogen (secondary N) is 2. The zero-order valence-corrected chi connectivity index (χ0v) is 72.6. The number of thiocarbonyl (C=S) groups is 1. The molecule has 32 heteroatoms. The van der Waals surface area contributed by atoms with E-state index in [0.717, 1.165) is 119 Å². The number of allylic oxidation sites excluding steroid dienone is 1. The van der Waals surface area contributed by atoms with Crippen LogP contribution in [0.15, 0.2) is 260 Å². The third-order valence-electron chi connectivity index (χ3n) is 26.9. The number of H-pyrrole nitrogens is 2. The van der Waals surface area contributed by atoms with E-state index in [-0.39, 0.29) is 51.2 Å². The van der Waals surface area contributed by atoms with E-state index in [4.69, 9.17) is 29.1 Å². The lowest BCUT2D eigenvalue weighted by molar-refractivity contribution is -0.163. The van der Waals surface area contributed by atoms with Gasteiger partial charge in [-0.2, -0.15) is 16.8 Å². The number of aromatic amines is 2. The van der Waals surface area contributed by atoms with E-state index in [1.807, 2.05) is 151 Å². The molecule has 25 rings (SSSR count). The van der Waals surface area contributed by atoms with E-state index < -0.39 is 99.5 Å². The number of hydrogen-bond donors (Lipinski definition) is 2. The van der Waals surface area contributed by atoms with Crippen molar-refractivity contribution in [3.05, 3.63) is 294 Å². The summed E-state index contributed by atoms with van der Waals surface area (Å²) in [5, 5.41) is 2.14. The molecule has 13 aliphatic heterocycles. The summed E-state index contributed by atoms with van der Waals surface area (Å²) in [7, 11) is 0.966. The van der Waals surface area contributed by atoms with Crippen LogP contribution in [0, 0.1) is 0 Å². The van der Waals surface area contributed by atoms with E-state index in [9.17, 15) is 42.0 Å². The minimum Gasteiger partial charge on any atom is -0.361 e. The van der Waals surface area contributed by atoms with Gasteiger partial charge in [0.25, 0.3) is 38.1 Å². The van der Waals surface area contributed by atoms with Gasteiger partial charge in [-0.05, 0) is 168 Å². The normalized spacial score (nSPS) is 28.7. The summed E-state index contributed by atoms with van der Waals surface area (Å²) < 4.78 is 63.9. The van der Waals surface area contributed by atoms with Crippen LogP contribution in [-0.2, 0) is 84.6 Å². The van der Waals surface area contributed by atoms with Gasteiger partial charge >= 0.3 is 23.1 Å². The fourth-order valence-corrected chi connectivity index (χ4v) is 29.9. The van der Waals surface area contributed by atoms with E-state index in [2.05, 4.69) is 105 Å². The Bertz CT molecular complexity index is 6310.